The summed E-state index contributed by atoms with van der Waals surface area (Å²) in [6, 6.07) is 5.97. The SMILES string of the molecule is Cc1ccc2c(C)c(C(=O)N(C)[C@@H](C)c3cncs3)oc2c1. The second kappa shape index (κ2) is 5.57. The summed E-state index contributed by atoms with van der Waals surface area (Å²) in [7, 11) is 1.80. The Bertz CT molecular complexity index is 821. The van der Waals surface area contributed by atoms with Gasteiger partial charge in [0.1, 0.15) is 5.58 Å². The van der Waals surface area contributed by atoms with Crippen molar-refractivity contribution in [2.45, 2.75) is 26.8 Å². The number of carbonyl (C=O) groups is 1. The fourth-order valence-corrected chi connectivity index (χ4v) is 3.22. The lowest BCUT2D eigenvalue weighted by atomic mass is 10.1. The van der Waals surface area contributed by atoms with Crippen LogP contribution < -0.4 is 0 Å². The lowest BCUT2D eigenvalue weighted by Crippen LogP contribution is -2.29. The van der Waals surface area contributed by atoms with E-state index in [1.165, 1.54) is 0 Å². The lowest BCUT2D eigenvalue weighted by Gasteiger charge is -2.22. The van der Waals surface area contributed by atoms with Crippen molar-refractivity contribution >= 4 is 28.2 Å². The third-order valence-electron chi connectivity index (χ3n) is 4.05. The van der Waals surface area contributed by atoms with Gasteiger partial charge in [0, 0.05) is 29.1 Å². The molecule has 1 amide bonds. The van der Waals surface area contributed by atoms with E-state index in [1.807, 2.05) is 39.0 Å². The van der Waals surface area contributed by atoms with E-state index >= 15 is 0 Å². The smallest absolute Gasteiger partial charge is 0.290 e. The molecule has 0 N–H and O–H groups in total. The van der Waals surface area contributed by atoms with Crippen LogP contribution in [0.3, 0.4) is 0 Å². The second-order valence-corrected chi connectivity index (χ2v) is 6.47. The van der Waals surface area contributed by atoms with Crippen LogP contribution in [0.2, 0.25) is 0 Å². The number of fused-ring (bicyclic) bond motifs is 1. The van der Waals surface area contributed by atoms with Gasteiger partial charge >= 0.3 is 0 Å². The van der Waals surface area contributed by atoms with Crippen molar-refractivity contribution in [3.63, 3.8) is 0 Å². The number of carbonyl (C=O) groups excluding carboxylic acids is 1. The standard InChI is InChI=1S/C17H18N2O2S/c1-10-5-6-13-11(2)16(21-14(13)7-10)17(20)19(4)12(3)15-8-18-9-22-15/h5-9,12H,1-4H3/t12-/m0/s1. The Balaban J connectivity index is 1.96. The molecule has 3 aromatic rings. The van der Waals surface area contributed by atoms with E-state index in [0.717, 1.165) is 27.0 Å². The molecule has 0 aliphatic rings. The van der Waals surface area contributed by atoms with Crippen molar-refractivity contribution in [3.8, 4) is 0 Å². The molecular weight excluding hydrogens is 296 g/mol. The van der Waals surface area contributed by atoms with E-state index in [9.17, 15) is 4.79 Å². The Morgan fingerprint density at radius 2 is 2.14 bits per heavy atom. The van der Waals surface area contributed by atoms with Crippen LogP contribution in [0.1, 0.15) is 39.5 Å². The van der Waals surface area contributed by atoms with Gasteiger partial charge in [-0.1, -0.05) is 12.1 Å². The van der Waals surface area contributed by atoms with Gasteiger partial charge < -0.3 is 9.32 Å². The van der Waals surface area contributed by atoms with Crippen LogP contribution >= 0.6 is 11.3 Å². The highest BCUT2D eigenvalue weighted by molar-refractivity contribution is 7.09. The minimum Gasteiger partial charge on any atom is -0.451 e. The lowest BCUT2D eigenvalue weighted by molar-refractivity contribution is 0.0714. The maximum atomic E-state index is 12.8. The zero-order valence-electron chi connectivity index (χ0n) is 13.1. The summed E-state index contributed by atoms with van der Waals surface area (Å²) < 4.78 is 5.83. The van der Waals surface area contributed by atoms with Crippen LogP contribution in [0.5, 0.6) is 0 Å². The molecule has 0 unspecified atom stereocenters. The highest BCUT2D eigenvalue weighted by atomic mass is 32.1. The maximum Gasteiger partial charge on any atom is 0.290 e. The summed E-state index contributed by atoms with van der Waals surface area (Å²) >= 11 is 1.55. The number of hydrogen-bond acceptors (Lipinski definition) is 4. The first kappa shape index (κ1) is 14.8. The largest absolute Gasteiger partial charge is 0.451 e. The first-order valence-corrected chi connectivity index (χ1v) is 8.02. The molecule has 0 saturated heterocycles. The molecule has 2 heterocycles. The molecular formula is C17H18N2O2S. The number of nitrogens with zero attached hydrogens (tertiary/aromatic N) is 2. The monoisotopic (exact) mass is 314 g/mol. The fraction of sp³-hybridized carbons (Fsp3) is 0.294. The molecule has 0 bridgehead atoms. The van der Waals surface area contributed by atoms with Gasteiger partial charge in [0.2, 0.25) is 0 Å². The third kappa shape index (κ3) is 2.41. The molecule has 1 aromatic carbocycles. The van der Waals surface area contributed by atoms with Gasteiger partial charge in [0.15, 0.2) is 5.76 Å². The fourth-order valence-electron chi connectivity index (χ4n) is 2.50. The molecule has 0 aliphatic carbocycles. The molecule has 22 heavy (non-hydrogen) atoms. The van der Waals surface area contributed by atoms with Gasteiger partial charge in [0.05, 0.1) is 11.6 Å². The predicted octanol–water partition coefficient (Wildman–Crippen LogP) is 4.34. The van der Waals surface area contributed by atoms with Gasteiger partial charge in [-0.2, -0.15) is 0 Å². The topological polar surface area (TPSA) is 46.3 Å². The molecule has 0 aliphatic heterocycles. The Hall–Kier alpha value is -2.14. The zero-order chi connectivity index (χ0) is 15.9. The van der Waals surface area contributed by atoms with Crippen molar-refractivity contribution in [3.05, 3.63) is 51.7 Å². The molecule has 114 valence electrons. The Labute approximate surface area is 133 Å². The Morgan fingerprint density at radius 3 is 2.82 bits per heavy atom. The summed E-state index contributed by atoms with van der Waals surface area (Å²) in [5.74, 6) is 0.312. The summed E-state index contributed by atoms with van der Waals surface area (Å²) in [6.45, 7) is 5.93. The van der Waals surface area contributed by atoms with E-state index in [4.69, 9.17) is 4.42 Å². The van der Waals surface area contributed by atoms with Crippen LogP contribution in [0, 0.1) is 13.8 Å². The van der Waals surface area contributed by atoms with Crippen LogP contribution in [0.4, 0.5) is 0 Å². The van der Waals surface area contributed by atoms with Gasteiger partial charge in [-0.05, 0) is 32.4 Å². The average Bonchev–Trinajstić information content (AvgIpc) is 3.13. The third-order valence-corrected chi connectivity index (χ3v) is 5.00. The highest BCUT2D eigenvalue weighted by Crippen LogP contribution is 2.29. The number of rotatable bonds is 3. The first-order valence-electron chi connectivity index (χ1n) is 7.14. The minimum atomic E-state index is -0.104. The molecule has 0 spiro atoms. The molecule has 2 aromatic heterocycles. The molecule has 1 atom stereocenters. The van der Waals surface area contributed by atoms with Gasteiger partial charge in [-0.3, -0.25) is 9.78 Å². The Kier molecular flexibility index (Phi) is 3.74. The van der Waals surface area contributed by atoms with Crippen molar-refractivity contribution in [1.82, 2.24) is 9.88 Å². The molecule has 5 heteroatoms. The first-order chi connectivity index (χ1) is 10.5. The second-order valence-electron chi connectivity index (χ2n) is 5.55. The van der Waals surface area contributed by atoms with E-state index < -0.39 is 0 Å². The van der Waals surface area contributed by atoms with E-state index in [2.05, 4.69) is 4.98 Å². The maximum absolute atomic E-state index is 12.8. The van der Waals surface area contributed by atoms with Crippen LogP contribution in [0.25, 0.3) is 11.0 Å². The minimum absolute atomic E-state index is 0.0330. The highest BCUT2D eigenvalue weighted by Gasteiger charge is 2.25. The summed E-state index contributed by atoms with van der Waals surface area (Å²) in [5.41, 5.74) is 4.55. The quantitative estimate of drug-likeness (QED) is 0.722. The number of aryl methyl sites for hydroxylation is 2. The van der Waals surface area contributed by atoms with E-state index in [1.54, 1.807) is 35.0 Å². The summed E-state index contributed by atoms with van der Waals surface area (Å²) in [4.78, 5) is 19.6. The van der Waals surface area contributed by atoms with Crippen LogP contribution in [0.15, 0.2) is 34.3 Å². The van der Waals surface area contributed by atoms with Crippen molar-refractivity contribution in [2.75, 3.05) is 7.05 Å². The zero-order valence-corrected chi connectivity index (χ0v) is 13.9. The number of hydrogen-bond donors (Lipinski definition) is 0. The number of furan rings is 1. The predicted molar refractivity (Wildman–Crippen MR) is 88.3 cm³/mol. The molecule has 0 saturated carbocycles. The normalized spacial score (nSPS) is 12.5. The number of thiazole rings is 1. The number of aromatic nitrogens is 1. The van der Waals surface area contributed by atoms with Crippen molar-refractivity contribution in [2.24, 2.45) is 0 Å². The van der Waals surface area contributed by atoms with E-state index in [-0.39, 0.29) is 11.9 Å². The van der Waals surface area contributed by atoms with Crippen LogP contribution in [-0.4, -0.2) is 22.8 Å². The van der Waals surface area contributed by atoms with Crippen LogP contribution in [-0.2, 0) is 0 Å². The summed E-state index contributed by atoms with van der Waals surface area (Å²) in [6.07, 6.45) is 1.80. The van der Waals surface area contributed by atoms with Gasteiger partial charge in [-0.15, -0.1) is 11.3 Å². The van der Waals surface area contributed by atoms with Crippen molar-refractivity contribution in [1.29, 1.82) is 0 Å². The molecule has 3 rings (SSSR count). The van der Waals surface area contributed by atoms with Gasteiger partial charge in [0.25, 0.3) is 5.91 Å². The number of benzene rings is 1. The Morgan fingerprint density at radius 1 is 1.36 bits per heavy atom. The molecule has 0 fully saturated rings. The number of amides is 1. The molecule has 4 nitrogen and oxygen atoms in total. The van der Waals surface area contributed by atoms with Crippen molar-refractivity contribution < 1.29 is 9.21 Å². The molecule has 0 radical (unpaired) electrons. The summed E-state index contributed by atoms with van der Waals surface area (Å²) in [5, 5.41) is 0.993. The van der Waals surface area contributed by atoms with E-state index in [0.29, 0.717) is 5.76 Å². The average molecular weight is 314 g/mol. The van der Waals surface area contributed by atoms with Gasteiger partial charge in [-0.25, -0.2) is 0 Å².